The van der Waals surface area contributed by atoms with E-state index in [1.54, 1.807) is 11.9 Å². The summed E-state index contributed by atoms with van der Waals surface area (Å²) in [5.41, 5.74) is 1.78. The van der Waals surface area contributed by atoms with Crippen molar-refractivity contribution in [3.8, 4) is 0 Å². The van der Waals surface area contributed by atoms with Gasteiger partial charge in [-0.15, -0.1) is 0 Å². The fraction of sp³-hybridized carbons (Fsp3) is 0.737. The summed E-state index contributed by atoms with van der Waals surface area (Å²) >= 11 is 0. The highest BCUT2D eigenvalue weighted by molar-refractivity contribution is 5.89. The van der Waals surface area contributed by atoms with E-state index in [1.807, 2.05) is 18.7 Å². The lowest BCUT2D eigenvalue weighted by atomic mass is 10.1. The van der Waals surface area contributed by atoms with Crippen LogP contribution < -0.4 is 0 Å². The average Bonchev–Trinajstić information content (AvgIpc) is 2.99. The van der Waals surface area contributed by atoms with E-state index < -0.39 is 0 Å². The van der Waals surface area contributed by atoms with E-state index in [2.05, 4.69) is 5.16 Å². The van der Waals surface area contributed by atoms with Crippen LogP contribution in [0.3, 0.4) is 0 Å². The zero-order chi connectivity index (χ0) is 18.0. The molecule has 1 aromatic rings. The lowest BCUT2D eigenvalue weighted by Crippen LogP contribution is -2.38. The highest BCUT2D eigenvalue weighted by Crippen LogP contribution is 2.29. The summed E-state index contributed by atoms with van der Waals surface area (Å²) in [6.45, 7) is 4.81. The molecule has 3 rings (SSSR count). The highest BCUT2D eigenvalue weighted by atomic mass is 16.5. The first-order valence-corrected chi connectivity index (χ1v) is 9.43. The number of amides is 2. The van der Waals surface area contributed by atoms with Gasteiger partial charge in [0, 0.05) is 31.6 Å². The van der Waals surface area contributed by atoms with Crippen LogP contribution in [0.1, 0.15) is 62.0 Å². The van der Waals surface area contributed by atoms with Gasteiger partial charge in [0.15, 0.2) is 0 Å². The van der Waals surface area contributed by atoms with Crippen molar-refractivity contribution in [1.29, 1.82) is 0 Å². The third kappa shape index (κ3) is 3.88. The second kappa shape index (κ2) is 7.58. The van der Waals surface area contributed by atoms with Crippen molar-refractivity contribution < 1.29 is 14.1 Å². The van der Waals surface area contributed by atoms with Gasteiger partial charge in [-0.25, -0.2) is 0 Å². The normalized spacial score (nSPS) is 22.3. The molecule has 1 aromatic heterocycles. The monoisotopic (exact) mass is 347 g/mol. The van der Waals surface area contributed by atoms with Gasteiger partial charge in [0.05, 0.1) is 18.2 Å². The molecule has 0 bridgehead atoms. The van der Waals surface area contributed by atoms with Crippen molar-refractivity contribution in [2.45, 2.75) is 71.4 Å². The number of rotatable bonds is 4. The van der Waals surface area contributed by atoms with Gasteiger partial charge in [0.1, 0.15) is 5.76 Å². The first-order valence-electron chi connectivity index (χ1n) is 9.43. The number of carbonyl (C=O) groups is 2. The summed E-state index contributed by atoms with van der Waals surface area (Å²) in [6, 6.07) is 0.334. The molecule has 2 heterocycles. The van der Waals surface area contributed by atoms with Crippen LogP contribution in [-0.4, -0.2) is 46.4 Å². The fourth-order valence-electron chi connectivity index (χ4n) is 4.17. The summed E-state index contributed by atoms with van der Waals surface area (Å²) < 4.78 is 5.18. The molecule has 0 aromatic carbocycles. The lowest BCUT2D eigenvalue weighted by molar-refractivity contribution is -0.135. The van der Waals surface area contributed by atoms with Crippen molar-refractivity contribution in [3.63, 3.8) is 0 Å². The first-order chi connectivity index (χ1) is 12.0. The Bertz CT molecular complexity index is 612. The molecule has 1 aliphatic heterocycles. The maximum absolute atomic E-state index is 12.8. The summed E-state index contributed by atoms with van der Waals surface area (Å²) in [5.74, 6) is 0.724. The molecule has 138 valence electrons. The summed E-state index contributed by atoms with van der Waals surface area (Å²) in [7, 11) is 1.80. The van der Waals surface area contributed by atoms with Gasteiger partial charge in [0.25, 0.3) is 0 Å². The van der Waals surface area contributed by atoms with Gasteiger partial charge < -0.3 is 14.3 Å². The summed E-state index contributed by atoms with van der Waals surface area (Å²) in [4.78, 5) is 29.0. The van der Waals surface area contributed by atoms with Crippen LogP contribution in [0.4, 0.5) is 0 Å². The minimum atomic E-state index is -0.221. The largest absolute Gasteiger partial charge is 0.361 e. The Morgan fingerprint density at radius 2 is 1.92 bits per heavy atom. The average molecular weight is 347 g/mol. The lowest BCUT2D eigenvalue weighted by Gasteiger charge is -2.27. The fourth-order valence-corrected chi connectivity index (χ4v) is 4.17. The van der Waals surface area contributed by atoms with Crippen molar-refractivity contribution in [1.82, 2.24) is 15.0 Å². The minimum absolute atomic E-state index is 0.0458. The molecule has 0 N–H and O–H groups in total. The third-order valence-corrected chi connectivity index (χ3v) is 5.73. The van der Waals surface area contributed by atoms with Gasteiger partial charge in [0.2, 0.25) is 11.8 Å². The van der Waals surface area contributed by atoms with Gasteiger partial charge in [-0.1, -0.05) is 30.8 Å². The van der Waals surface area contributed by atoms with Gasteiger partial charge in [-0.3, -0.25) is 9.59 Å². The van der Waals surface area contributed by atoms with E-state index >= 15 is 0 Å². The Hall–Kier alpha value is -1.85. The molecule has 0 unspecified atom stereocenters. The van der Waals surface area contributed by atoms with Crippen molar-refractivity contribution in [2.24, 2.45) is 5.92 Å². The van der Waals surface area contributed by atoms with E-state index in [0.717, 1.165) is 29.9 Å². The minimum Gasteiger partial charge on any atom is -0.361 e. The number of likely N-dealkylation sites (tertiary alicyclic amines) is 1. The zero-order valence-corrected chi connectivity index (χ0v) is 15.6. The predicted molar refractivity (Wildman–Crippen MR) is 93.8 cm³/mol. The predicted octanol–water partition coefficient (Wildman–Crippen LogP) is 2.82. The summed E-state index contributed by atoms with van der Waals surface area (Å²) in [6.07, 6.45) is 7.44. The second-order valence-corrected chi connectivity index (χ2v) is 7.59. The molecule has 25 heavy (non-hydrogen) atoms. The van der Waals surface area contributed by atoms with E-state index in [9.17, 15) is 9.59 Å². The molecule has 0 spiro atoms. The maximum Gasteiger partial charge on any atom is 0.228 e. The number of aromatic nitrogens is 1. The van der Waals surface area contributed by atoms with Crippen LogP contribution in [-0.2, 0) is 16.1 Å². The van der Waals surface area contributed by atoms with Gasteiger partial charge in [-0.05, 0) is 26.7 Å². The van der Waals surface area contributed by atoms with E-state index in [0.29, 0.717) is 25.6 Å². The Balaban J connectivity index is 1.61. The maximum atomic E-state index is 12.8. The van der Waals surface area contributed by atoms with Crippen LogP contribution >= 0.6 is 0 Å². The second-order valence-electron chi connectivity index (χ2n) is 7.59. The molecule has 1 saturated heterocycles. The molecule has 0 radical (unpaired) electrons. The quantitative estimate of drug-likeness (QED) is 0.786. The van der Waals surface area contributed by atoms with Crippen molar-refractivity contribution in [2.75, 3.05) is 13.6 Å². The number of nitrogens with zero attached hydrogens (tertiary/aromatic N) is 3. The Kier molecular flexibility index (Phi) is 5.45. The van der Waals surface area contributed by atoms with Crippen LogP contribution in [0.25, 0.3) is 0 Å². The smallest absolute Gasteiger partial charge is 0.228 e. The number of carbonyl (C=O) groups excluding carboxylic acids is 2. The zero-order valence-electron chi connectivity index (χ0n) is 15.6. The van der Waals surface area contributed by atoms with Crippen molar-refractivity contribution in [3.05, 3.63) is 17.0 Å². The molecule has 1 atom stereocenters. The molecule has 2 amide bonds. The molecule has 6 nitrogen and oxygen atoms in total. The molecular formula is C19H29N3O3. The topological polar surface area (TPSA) is 66.7 Å². The van der Waals surface area contributed by atoms with E-state index in [-0.39, 0.29) is 17.7 Å². The number of hydrogen-bond acceptors (Lipinski definition) is 4. The van der Waals surface area contributed by atoms with Crippen LogP contribution in [0, 0.1) is 19.8 Å². The van der Waals surface area contributed by atoms with E-state index in [1.165, 1.54) is 25.7 Å². The molecule has 1 aliphatic carbocycles. The molecule has 2 fully saturated rings. The SMILES string of the molecule is Cc1noc(C)c1CN(C)C(=O)[C@H]1CC(=O)N(C2CCCCCC2)C1. The Labute approximate surface area is 149 Å². The molecule has 1 saturated carbocycles. The van der Waals surface area contributed by atoms with Crippen LogP contribution in [0.2, 0.25) is 0 Å². The standard InChI is InChI=1S/C19H29N3O3/c1-13-17(14(2)25-20-13)12-21(3)19(24)15-10-18(23)22(11-15)16-8-6-4-5-7-9-16/h15-16H,4-12H2,1-3H3/t15-/m0/s1. The Morgan fingerprint density at radius 1 is 1.24 bits per heavy atom. The van der Waals surface area contributed by atoms with Crippen LogP contribution in [0.5, 0.6) is 0 Å². The van der Waals surface area contributed by atoms with Crippen molar-refractivity contribution >= 4 is 11.8 Å². The molecule has 2 aliphatic rings. The number of aryl methyl sites for hydroxylation is 2. The highest BCUT2D eigenvalue weighted by Gasteiger charge is 2.39. The molecular weight excluding hydrogens is 318 g/mol. The van der Waals surface area contributed by atoms with Gasteiger partial charge >= 0.3 is 0 Å². The molecule has 6 heteroatoms. The number of hydrogen-bond donors (Lipinski definition) is 0. The Morgan fingerprint density at radius 3 is 2.52 bits per heavy atom. The summed E-state index contributed by atoms with van der Waals surface area (Å²) in [5, 5.41) is 3.94. The van der Waals surface area contributed by atoms with Crippen LogP contribution in [0.15, 0.2) is 4.52 Å². The van der Waals surface area contributed by atoms with E-state index in [4.69, 9.17) is 4.52 Å². The third-order valence-electron chi connectivity index (χ3n) is 5.73. The van der Waals surface area contributed by atoms with Gasteiger partial charge in [-0.2, -0.15) is 0 Å². The first kappa shape index (κ1) is 18.0.